The van der Waals surface area contributed by atoms with Gasteiger partial charge >= 0.3 is 6.18 Å². The van der Waals surface area contributed by atoms with Crippen molar-refractivity contribution in [2.75, 3.05) is 13.1 Å². The van der Waals surface area contributed by atoms with Crippen molar-refractivity contribution in [2.45, 2.75) is 36.4 Å². The van der Waals surface area contributed by atoms with Crippen LogP contribution in [0.4, 0.5) is 22.0 Å². The summed E-state index contributed by atoms with van der Waals surface area (Å²) < 4.78 is 96.9. The van der Waals surface area contributed by atoms with Gasteiger partial charge < -0.3 is 14.8 Å². The maximum absolute atomic E-state index is 13.3. The number of rotatable bonds is 9. The number of aliphatic hydroxyl groups is 1. The zero-order valence-corrected chi connectivity index (χ0v) is 16.9. The van der Waals surface area contributed by atoms with Crippen molar-refractivity contribution in [3.63, 3.8) is 0 Å². The maximum Gasteiger partial charge on any atom is 0.424 e. The summed E-state index contributed by atoms with van der Waals surface area (Å²) in [7, 11) is -4.23. The van der Waals surface area contributed by atoms with Crippen LogP contribution in [-0.4, -0.2) is 38.7 Å². The Morgan fingerprint density at radius 1 is 1.10 bits per heavy atom. The first-order valence-electron chi connectivity index (χ1n) is 8.84. The van der Waals surface area contributed by atoms with Crippen molar-refractivity contribution in [2.24, 2.45) is 0 Å². The van der Waals surface area contributed by atoms with E-state index in [2.05, 4.69) is 5.32 Å². The van der Waals surface area contributed by atoms with E-state index < -0.39 is 75.9 Å². The summed E-state index contributed by atoms with van der Waals surface area (Å²) in [5.74, 6) is -3.96. The third kappa shape index (κ3) is 6.02. The van der Waals surface area contributed by atoms with Gasteiger partial charge in [0.25, 0.3) is 0 Å². The number of alkyl halides is 3. The molecule has 0 aliphatic rings. The van der Waals surface area contributed by atoms with Gasteiger partial charge in [-0.15, -0.1) is 0 Å². The van der Waals surface area contributed by atoms with Crippen molar-refractivity contribution in [1.29, 1.82) is 0 Å². The van der Waals surface area contributed by atoms with Crippen molar-refractivity contribution < 1.29 is 44.7 Å². The van der Waals surface area contributed by atoms with Gasteiger partial charge in [0.1, 0.15) is 11.5 Å². The molecule has 0 aliphatic carbocycles. The number of furan rings is 1. The van der Waals surface area contributed by atoms with Crippen molar-refractivity contribution >= 4 is 15.9 Å². The molecule has 13 heteroatoms. The third-order valence-corrected chi connectivity index (χ3v) is 5.73. The number of amides is 1. The van der Waals surface area contributed by atoms with Crippen LogP contribution in [0.25, 0.3) is 0 Å². The molecule has 0 saturated carbocycles. The first-order chi connectivity index (χ1) is 14.3. The molecule has 1 aromatic carbocycles. The maximum atomic E-state index is 13.3. The second-order valence-electron chi connectivity index (χ2n) is 6.59. The Hall–Kier alpha value is -2.51. The van der Waals surface area contributed by atoms with E-state index in [1.54, 1.807) is 0 Å². The first-order valence-corrected chi connectivity index (χ1v) is 10.3. The van der Waals surface area contributed by atoms with Crippen molar-refractivity contribution in [1.82, 2.24) is 10.0 Å². The second kappa shape index (κ2) is 9.32. The molecule has 1 unspecified atom stereocenters. The predicted molar refractivity (Wildman–Crippen MR) is 97.2 cm³/mol. The van der Waals surface area contributed by atoms with Gasteiger partial charge in [-0.25, -0.2) is 21.9 Å². The van der Waals surface area contributed by atoms with E-state index in [0.29, 0.717) is 12.1 Å². The molecule has 0 spiro atoms. The van der Waals surface area contributed by atoms with Crippen LogP contribution in [0.1, 0.15) is 24.4 Å². The highest BCUT2D eigenvalue weighted by Gasteiger charge is 2.56. The molecule has 0 radical (unpaired) electrons. The molecule has 31 heavy (non-hydrogen) atoms. The van der Waals surface area contributed by atoms with Gasteiger partial charge in [-0.05, 0) is 37.3 Å². The van der Waals surface area contributed by atoms with Crippen LogP contribution in [0.3, 0.4) is 0 Å². The van der Waals surface area contributed by atoms with E-state index in [4.69, 9.17) is 4.42 Å². The molecule has 3 N–H and O–H groups in total. The Bertz CT molecular complexity index is 1040. The highest BCUT2D eigenvalue weighted by Crippen LogP contribution is 2.42. The lowest BCUT2D eigenvalue weighted by Gasteiger charge is -2.28. The lowest BCUT2D eigenvalue weighted by atomic mass is 9.95. The van der Waals surface area contributed by atoms with E-state index in [9.17, 15) is 40.3 Å². The number of nitrogens with one attached hydrogen (secondary N) is 2. The number of benzene rings is 1. The largest absolute Gasteiger partial charge is 0.463 e. The van der Waals surface area contributed by atoms with E-state index >= 15 is 0 Å². The standard InChI is InChI=1S/C18H19F5N2O5S/c1-11-2-5-15(30-11)17(27,18(21,22)23)7-9-24-16(26)6-8-25-31(28,29)12-3-4-13(19)14(20)10-12/h2-5,10,25,27H,6-9H2,1H3,(H,24,26). The lowest BCUT2D eigenvalue weighted by Crippen LogP contribution is -2.45. The van der Waals surface area contributed by atoms with Crippen LogP contribution in [0.15, 0.2) is 39.6 Å². The summed E-state index contributed by atoms with van der Waals surface area (Å²) in [5, 5.41) is 12.2. The summed E-state index contributed by atoms with van der Waals surface area (Å²) in [6.45, 7) is 0.377. The number of halogens is 5. The Morgan fingerprint density at radius 2 is 1.77 bits per heavy atom. The van der Waals surface area contributed by atoms with Gasteiger partial charge in [0, 0.05) is 25.9 Å². The Labute approximate surface area is 174 Å². The Morgan fingerprint density at radius 3 is 2.32 bits per heavy atom. The predicted octanol–water partition coefficient (Wildman–Crippen LogP) is 2.49. The average molecular weight is 470 g/mol. The number of aryl methyl sites for hydroxylation is 1. The van der Waals surface area contributed by atoms with Gasteiger partial charge in [0.05, 0.1) is 4.90 Å². The fourth-order valence-electron chi connectivity index (χ4n) is 2.56. The Kier molecular flexibility index (Phi) is 7.44. The smallest absolute Gasteiger partial charge is 0.424 e. The molecule has 7 nitrogen and oxygen atoms in total. The zero-order chi connectivity index (χ0) is 23.4. The average Bonchev–Trinajstić information content (AvgIpc) is 3.09. The van der Waals surface area contributed by atoms with E-state index in [0.717, 1.165) is 12.1 Å². The fourth-order valence-corrected chi connectivity index (χ4v) is 3.60. The minimum Gasteiger partial charge on any atom is -0.463 e. The molecule has 2 aromatic rings. The minimum atomic E-state index is -5.07. The zero-order valence-electron chi connectivity index (χ0n) is 16.1. The first kappa shape index (κ1) is 24.8. The quantitative estimate of drug-likeness (QED) is 0.488. The number of sulfonamides is 1. The summed E-state index contributed by atoms with van der Waals surface area (Å²) in [6, 6.07) is 4.15. The molecule has 1 atom stereocenters. The van der Waals surface area contributed by atoms with E-state index in [-0.39, 0.29) is 5.76 Å². The molecular formula is C18H19F5N2O5S. The molecule has 172 valence electrons. The fraction of sp³-hybridized carbons (Fsp3) is 0.389. The molecule has 0 aliphatic heterocycles. The lowest BCUT2D eigenvalue weighted by molar-refractivity contribution is -0.274. The molecule has 0 bridgehead atoms. The molecule has 0 fully saturated rings. The van der Waals surface area contributed by atoms with Gasteiger partial charge in [-0.2, -0.15) is 13.2 Å². The van der Waals surface area contributed by atoms with Crippen molar-refractivity contribution in [3.8, 4) is 0 Å². The molecule has 2 rings (SSSR count). The summed E-state index contributed by atoms with van der Waals surface area (Å²) in [4.78, 5) is 11.2. The normalized spacial score (nSPS) is 14.3. The monoisotopic (exact) mass is 470 g/mol. The second-order valence-corrected chi connectivity index (χ2v) is 8.36. The summed E-state index contributed by atoms with van der Waals surface area (Å²) in [6.07, 6.45) is -6.45. The van der Waals surface area contributed by atoms with Gasteiger partial charge in [0.15, 0.2) is 11.6 Å². The summed E-state index contributed by atoms with van der Waals surface area (Å²) >= 11 is 0. The minimum absolute atomic E-state index is 0.162. The number of hydrogen-bond acceptors (Lipinski definition) is 5. The van der Waals surface area contributed by atoms with Crippen LogP contribution in [0.5, 0.6) is 0 Å². The van der Waals surface area contributed by atoms with Crippen LogP contribution in [-0.2, 0) is 20.4 Å². The van der Waals surface area contributed by atoms with Gasteiger partial charge in [-0.1, -0.05) is 0 Å². The highest BCUT2D eigenvalue weighted by atomic mass is 32.2. The number of hydrogen-bond donors (Lipinski definition) is 3. The van der Waals surface area contributed by atoms with Crippen LogP contribution >= 0.6 is 0 Å². The van der Waals surface area contributed by atoms with E-state index in [1.807, 2.05) is 4.72 Å². The SMILES string of the molecule is Cc1ccc(C(O)(CCNC(=O)CCNS(=O)(=O)c2ccc(F)c(F)c2)C(F)(F)F)o1. The molecule has 1 heterocycles. The van der Waals surface area contributed by atoms with Crippen LogP contribution in [0, 0.1) is 18.6 Å². The number of carbonyl (C=O) groups excluding carboxylic acids is 1. The highest BCUT2D eigenvalue weighted by molar-refractivity contribution is 7.89. The third-order valence-electron chi connectivity index (χ3n) is 4.27. The summed E-state index contributed by atoms with van der Waals surface area (Å²) in [5.41, 5.74) is -3.32. The Balaban J connectivity index is 1.88. The van der Waals surface area contributed by atoms with Crippen LogP contribution < -0.4 is 10.0 Å². The van der Waals surface area contributed by atoms with Crippen LogP contribution in [0.2, 0.25) is 0 Å². The van der Waals surface area contributed by atoms with Gasteiger partial charge in [-0.3, -0.25) is 4.79 Å². The molecular weight excluding hydrogens is 451 g/mol. The van der Waals surface area contributed by atoms with E-state index in [1.165, 1.54) is 13.0 Å². The topological polar surface area (TPSA) is 109 Å². The van der Waals surface area contributed by atoms with Crippen molar-refractivity contribution in [3.05, 3.63) is 53.5 Å². The molecule has 0 saturated heterocycles. The molecule has 1 amide bonds. The molecule has 1 aromatic heterocycles. The number of carbonyl (C=O) groups is 1. The van der Waals surface area contributed by atoms with Gasteiger partial charge in [0.2, 0.25) is 21.5 Å².